The third-order valence-corrected chi connectivity index (χ3v) is 4.64. The quantitative estimate of drug-likeness (QED) is 0.643. The highest BCUT2D eigenvalue weighted by Crippen LogP contribution is 2.27. The maximum atomic E-state index is 12.2. The topological polar surface area (TPSA) is 72.2 Å². The zero-order chi connectivity index (χ0) is 14.1. The number of sulfonamides is 1. The Morgan fingerprint density at radius 2 is 1.89 bits per heavy atom. The van der Waals surface area contributed by atoms with E-state index in [4.69, 9.17) is 12.2 Å². The summed E-state index contributed by atoms with van der Waals surface area (Å²) in [4.78, 5) is 0.215. The average molecular weight is 266 g/mol. The molecule has 4 nitrogen and oxygen atoms in total. The SMILES string of the molecule is C#CC(C)NS(=O)(=O)c1c(C)cc(C)c(N)c1C. The van der Waals surface area contributed by atoms with Crippen LogP contribution in [0.5, 0.6) is 0 Å². The summed E-state index contributed by atoms with van der Waals surface area (Å²) < 4.78 is 26.9. The van der Waals surface area contributed by atoms with Crippen LogP contribution < -0.4 is 10.5 Å². The van der Waals surface area contributed by atoms with E-state index in [1.807, 2.05) is 6.92 Å². The zero-order valence-corrected chi connectivity index (χ0v) is 11.9. The van der Waals surface area contributed by atoms with Crippen LogP contribution in [0.15, 0.2) is 11.0 Å². The van der Waals surface area contributed by atoms with E-state index in [9.17, 15) is 8.42 Å². The number of terminal acetylenes is 1. The molecule has 98 valence electrons. The fourth-order valence-corrected chi connectivity index (χ4v) is 3.57. The molecule has 1 rings (SSSR count). The Bertz CT molecular complexity index is 613. The first kappa shape index (κ1) is 14.6. The van der Waals surface area contributed by atoms with Crippen molar-refractivity contribution in [1.29, 1.82) is 0 Å². The molecular weight excluding hydrogens is 248 g/mol. The molecule has 1 atom stereocenters. The molecule has 18 heavy (non-hydrogen) atoms. The van der Waals surface area contributed by atoms with Gasteiger partial charge in [0.2, 0.25) is 10.0 Å². The molecule has 0 fully saturated rings. The third kappa shape index (κ3) is 2.66. The smallest absolute Gasteiger partial charge is 0.242 e. The minimum Gasteiger partial charge on any atom is -0.398 e. The van der Waals surface area contributed by atoms with Gasteiger partial charge in [0.1, 0.15) is 0 Å². The predicted octanol–water partition coefficient (Wildman–Crippen LogP) is 1.49. The summed E-state index contributed by atoms with van der Waals surface area (Å²) in [6.45, 7) is 6.90. The summed E-state index contributed by atoms with van der Waals surface area (Å²) in [5.41, 5.74) is 8.47. The Labute approximate surface area is 109 Å². The van der Waals surface area contributed by atoms with Crippen LogP contribution in [0.4, 0.5) is 5.69 Å². The summed E-state index contributed by atoms with van der Waals surface area (Å²) in [6, 6.07) is 1.20. The van der Waals surface area contributed by atoms with Gasteiger partial charge >= 0.3 is 0 Å². The monoisotopic (exact) mass is 266 g/mol. The largest absolute Gasteiger partial charge is 0.398 e. The van der Waals surface area contributed by atoms with Gasteiger partial charge in [0.15, 0.2) is 0 Å². The van der Waals surface area contributed by atoms with Crippen LogP contribution in [-0.2, 0) is 10.0 Å². The fourth-order valence-electron chi connectivity index (χ4n) is 1.92. The molecule has 0 saturated carbocycles. The number of nitrogen functional groups attached to an aromatic ring is 1. The molecule has 3 N–H and O–H groups in total. The lowest BCUT2D eigenvalue weighted by Crippen LogP contribution is -2.32. The molecule has 0 saturated heterocycles. The summed E-state index contributed by atoms with van der Waals surface area (Å²) in [7, 11) is -3.64. The number of benzene rings is 1. The molecule has 0 spiro atoms. The average Bonchev–Trinajstić information content (AvgIpc) is 2.24. The van der Waals surface area contributed by atoms with Gasteiger partial charge in [-0.1, -0.05) is 12.0 Å². The van der Waals surface area contributed by atoms with Crippen LogP contribution in [0.3, 0.4) is 0 Å². The first-order chi connectivity index (χ1) is 8.20. The second-order valence-electron chi connectivity index (χ2n) is 4.39. The normalized spacial score (nSPS) is 13.1. The van der Waals surface area contributed by atoms with Crippen LogP contribution in [0.1, 0.15) is 23.6 Å². The summed E-state index contributed by atoms with van der Waals surface area (Å²) >= 11 is 0. The molecule has 0 heterocycles. The third-order valence-electron chi connectivity index (χ3n) is 2.81. The van der Waals surface area contributed by atoms with Gasteiger partial charge in [-0.3, -0.25) is 0 Å². The van der Waals surface area contributed by atoms with Crippen LogP contribution in [-0.4, -0.2) is 14.5 Å². The van der Waals surface area contributed by atoms with Crippen molar-refractivity contribution < 1.29 is 8.42 Å². The zero-order valence-electron chi connectivity index (χ0n) is 11.0. The van der Waals surface area contributed by atoms with Crippen molar-refractivity contribution in [2.45, 2.75) is 38.6 Å². The molecule has 0 aliphatic heterocycles. The van der Waals surface area contributed by atoms with E-state index >= 15 is 0 Å². The van der Waals surface area contributed by atoms with Gasteiger partial charge in [-0.05, 0) is 44.4 Å². The van der Waals surface area contributed by atoms with E-state index in [0.717, 1.165) is 5.56 Å². The van der Waals surface area contributed by atoms with E-state index in [1.165, 1.54) is 0 Å². The number of nitrogens with two attached hydrogens (primary N) is 1. The molecule has 0 bridgehead atoms. The number of anilines is 1. The molecule has 1 aromatic carbocycles. The van der Waals surface area contributed by atoms with Crippen molar-refractivity contribution in [1.82, 2.24) is 4.72 Å². The van der Waals surface area contributed by atoms with Gasteiger partial charge in [0.05, 0.1) is 10.9 Å². The van der Waals surface area contributed by atoms with Crippen molar-refractivity contribution in [3.8, 4) is 12.3 Å². The lowest BCUT2D eigenvalue weighted by molar-refractivity contribution is 0.576. The highest BCUT2D eigenvalue weighted by Gasteiger charge is 2.23. The van der Waals surface area contributed by atoms with Crippen molar-refractivity contribution in [2.75, 3.05) is 5.73 Å². The Balaban J connectivity index is 3.44. The maximum absolute atomic E-state index is 12.2. The fraction of sp³-hybridized carbons (Fsp3) is 0.385. The molecule has 0 radical (unpaired) electrons. The molecule has 1 unspecified atom stereocenters. The van der Waals surface area contributed by atoms with Gasteiger partial charge < -0.3 is 5.73 Å². The van der Waals surface area contributed by atoms with E-state index in [-0.39, 0.29) is 4.90 Å². The van der Waals surface area contributed by atoms with E-state index in [0.29, 0.717) is 16.8 Å². The van der Waals surface area contributed by atoms with Crippen molar-refractivity contribution in [3.05, 3.63) is 22.8 Å². The first-order valence-corrected chi connectivity index (χ1v) is 7.03. The number of aryl methyl sites for hydroxylation is 2. The van der Waals surface area contributed by atoms with Crippen LogP contribution >= 0.6 is 0 Å². The van der Waals surface area contributed by atoms with Crippen LogP contribution in [0.2, 0.25) is 0 Å². The van der Waals surface area contributed by atoms with Gasteiger partial charge in [0, 0.05) is 5.69 Å². The molecule has 5 heteroatoms. The second-order valence-corrected chi connectivity index (χ2v) is 6.04. The number of hydrogen-bond donors (Lipinski definition) is 2. The van der Waals surface area contributed by atoms with Gasteiger partial charge in [-0.25, -0.2) is 8.42 Å². The predicted molar refractivity (Wildman–Crippen MR) is 73.7 cm³/mol. The molecule has 1 aromatic rings. The lowest BCUT2D eigenvalue weighted by atomic mass is 10.1. The Morgan fingerprint density at radius 1 is 1.33 bits per heavy atom. The molecule has 0 amide bonds. The highest BCUT2D eigenvalue weighted by atomic mass is 32.2. The number of hydrogen-bond acceptors (Lipinski definition) is 3. The number of nitrogens with one attached hydrogen (secondary N) is 1. The summed E-state index contributed by atoms with van der Waals surface area (Å²) in [5, 5.41) is 0. The lowest BCUT2D eigenvalue weighted by Gasteiger charge is -2.16. The minimum absolute atomic E-state index is 0.215. The van der Waals surface area contributed by atoms with Gasteiger partial charge in [-0.15, -0.1) is 6.42 Å². The second kappa shape index (κ2) is 5.01. The summed E-state index contributed by atoms with van der Waals surface area (Å²) in [6.07, 6.45) is 5.19. The molecule has 0 aliphatic rings. The van der Waals surface area contributed by atoms with Crippen molar-refractivity contribution in [3.63, 3.8) is 0 Å². The Kier molecular flexibility index (Phi) is 4.05. The van der Waals surface area contributed by atoms with Gasteiger partial charge in [-0.2, -0.15) is 4.72 Å². The minimum atomic E-state index is -3.64. The van der Waals surface area contributed by atoms with Crippen molar-refractivity contribution in [2.24, 2.45) is 0 Å². The van der Waals surface area contributed by atoms with Gasteiger partial charge in [0.25, 0.3) is 0 Å². The van der Waals surface area contributed by atoms with Crippen molar-refractivity contribution >= 4 is 15.7 Å². The Hall–Kier alpha value is -1.51. The highest BCUT2D eigenvalue weighted by molar-refractivity contribution is 7.89. The maximum Gasteiger partial charge on any atom is 0.242 e. The number of rotatable bonds is 3. The standard InChI is InChI=1S/C13H18N2O2S/c1-6-10(4)15-18(16,17)13-9(3)7-8(2)12(14)11(13)5/h1,7,10,15H,14H2,2-5H3. The van der Waals surface area contributed by atoms with E-state index < -0.39 is 16.1 Å². The van der Waals surface area contributed by atoms with E-state index in [2.05, 4.69) is 10.6 Å². The van der Waals surface area contributed by atoms with Crippen LogP contribution in [0.25, 0.3) is 0 Å². The molecular formula is C13H18N2O2S. The van der Waals surface area contributed by atoms with E-state index in [1.54, 1.807) is 26.8 Å². The Morgan fingerprint density at radius 3 is 2.39 bits per heavy atom. The molecule has 0 aliphatic carbocycles. The van der Waals surface area contributed by atoms with Crippen LogP contribution in [0, 0.1) is 33.1 Å². The summed E-state index contributed by atoms with van der Waals surface area (Å²) in [5.74, 6) is 2.33. The first-order valence-electron chi connectivity index (χ1n) is 5.55. The molecule has 0 aromatic heterocycles.